The SMILES string of the molecule is CCN(CC)CCN1CCCC[C@@H]1c1ncn[nH]1. The summed E-state index contributed by atoms with van der Waals surface area (Å²) in [7, 11) is 0. The van der Waals surface area contributed by atoms with Crippen molar-refractivity contribution in [1.29, 1.82) is 0 Å². The van der Waals surface area contributed by atoms with Gasteiger partial charge in [0.25, 0.3) is 0 Å². The van der Waals surface area contributed by atoms with Crippen molar-refractivity contribution in [2.24, 2.45) is 0 Å². The number of nitrogens with zero attached hydrogens (tertiary/aromatic N) is 4. The van der Waals surface area contributed by atoms with Crippen molar-refractivity contribution in [2.45, 2.75) is 39.2 Å². The van der Waals surface area contributed by atoms with Crippen LogP contribution in [0.4, 0.5) is 0 Å². The van der Waals surface area contributed by atoms with E-state index in [0.29, 0.717) is 6.04 Å². The molecule has 5 heteroatoms. The minimum Gasteiger partial charge on any atom is -0.303 e. The first-order valence-electron chi connectivity index (χ1n) is 7.16. The smallest absolute Gasteiger partial charge is 0.141 e. The molecule has 0 aromatic carbocycles. The molecule has 1 aromatic heterocycles. The Labute approximate surface area is 110 Å². The number of likely N-dealkylation sites (tertiary alicyclic amines) is 1. The Hall–Kier alpha value is -0.940. The third-order valence-corrected chi connectivity index (χ3v) is 3.96. The number of piperidine rings is 1. The molecule has 18 heavy (non-hydrogen) atoms. The number of hydrogen-bond acceptors (Lipinski definition) is 4. The Morgan fingerprint density at radius 3 is 2.89 bits per heavy atom. The minimum absolute atomic E-state index is 0.441. The number of aromatic nitrogens is 3. The molecule has 0 bridgehead atoms. The summed E-state index contributed by atoms with van der Waals surface area (Å²) in [5.74, 6) is 1.04. The monoisotopic (exact) mass is 251 g/mol. The van der Waals surface area contributed by atoms with Gasteiger partial charge in [0.1, 0.15) is 12.2 Å². The van der Waals surface area contributed by atoms with Crippen LogP contribution in [0.1, 0.15) is 45.0 Å². The van der Waals surface area contributed by atoms with Crippen molar-refractivity contribution in [2.75, 3.05) is 32.7 Å². The highest BCUT2D eigenvalue weighted by atomic mass is 15.3. The fourth-order valence-electron chi connectivity index (χ4n) is 2.75. The molecule has 0 unspecified atom stereocenters. The van der Waals surface area contributed by atoms with Gasteiger partial charge < -0.3 is 4.90 Å². The fraction of sp³-hybridized carbons (Fsp3) is 0.846. The first kappa shape index (κ1) is 13.5. The summed E-state index contributed by atoms with van der Waals surface area (Å²) in [6.45, 7) is 10.2. The van der Waals surface area contributed by atoms with Gasteiger partial charge in [0.15, 0.2) is 0 Å². The number of rotatable bonds is 6. The predicted octanol–water partition coefficient (Wildman–Crippen LogP) is 1.67. The molecule has 1 aliphatic heterocycles. The number of H-pyrrole nitrogens is 1. The molecular weight excluding hydrogens is 226 g/mol. The average Bonchev–Trinajstić information content (AvgIpc) is 2.94. The molecule has 2 heterocycles. The second-order valence-electron chi connectivity index (χ2n) is 4.95. The highest BCUT2D eigenvalue weighted by Gasteiger charge is 2.25. The molecular formula is C13H25N5. The van der Waals surface area contributed by atoms with Gasteiger partial charge in [-0.25, -0.2) is 4.98 Å². The zero-order valence-corrected chi connectivity index (χ0v) is 11.6. The van der Waals surface area contributed by atoms with Crippen LogP contribution >= 0.6 is 0 Å². The Balaban J connectivity index is 1.92. The van der Waals surface area contributed by atoms with Gasteiger partial charge in [-0.05, 0) is 32.5 Å². The van der Waals surface area contributed by atoms with Gasteiger partial charge in [0.2, 0.25) is 0 Å². The van der Waals surface area contributed by atoms with Crippen LogP contribution in [0.3, 0.4) is 0 Å². The van der Waals surface area contributed by atoms with Crippen LogP contribution in [-0.4, -0.2) is 57.7 Å². The van der Waals surface area contributed by atoms with Gasteiger partial charge in [-0.1, -0.05) is 20.3 Å². The second-order valence-corrected chi connectivity index (χ2v) is 4.95. The lowest BCUT2D eigenvalue weighted by Gasteiger charge is -2.35. The molecule has 5 nitrogen and oxygen atoms in total. The van der Waals surface area contributed by atoms with Crippen molar-refractivity contribution in [3.8, 4) is 0 Å². The Morgan fingerprint density at radius 1 is 1.39 bits per heavy atom. The van der Waals surface area contributed by atoms with E-state index >= 15 is 0 Å². The van der Waals surface area contributed by atoms with Gasteiger partial charge in [-0.3, -0.25) is 10.00 Å². The molecule has 0 spiro atoms. The van der Waals surface area contributed by atoms with E-state index in [9.17, 15) is 0 Å². The van der Waals surface area contributed by atoms with E-state index in [0.717, 1.165) is 32.0 Å². The normalized spacial score (nSPS) is 21.6. The summed E-state index contributed by atoms with van der Waals surface area (Å²) in [5, 5.41) is 7.02. The minimum atomic E-state index is 0.441. The molecule has 1 atom stereocenters. The van der Waals surface area contributed by atoms with Crippen LogP contribution in [0.2, 0.25) is 0 Å². The van der Waals surface area contributed by atoms with Crippen LogP contribution < -0.4 is 0 Å². The van der Waals surface area contributed by atoms with Crippen LogP contribution in [-0.2, 0) is 0 Å². The molecule has 2 rings (SSSR count). The Kier molecular flexibility index (Phi) is 5.13. The molecule has 1 saturated heterocycles. The maximum atomic E-state index is 4.34. The summed E-state index contributed by atoms with van der Waals surface area (Å²) in [6, 6.07) is 0.441. The van der Waals surface area contributed by atoms with Crippen molar-refractivity contribution in [3.05, 3.63) is 12.2 Å². The largest absolute Gasteiger partial charge is 0.303 e. The summed E-state index contributed by atoms with van der Waals surface area (Å²) >= 11 is 0. The predicted molar refractivity (Wildman–Crippen MR) is 72.3 cm³/mol. The highest BCUT2D eigenvalue weighted by molar-refractivity contribution is 4.94. The molecule has 0 aliphatic carbocycles. The van der Waals surface area contributed by atoms with Crippen LogP contribution in [0.15, 0.2) is 6.33 Å². The lowest BCUT2D eigenvalue weighted by molar-refractivity contribution is 0.123. The number of nitrogens with one attached hydrogen (secondary N) is 1. The average molecular weight is 251 g/mol. The highest BCUT2D eigenvalue weighted by Crippen LogP contribution is 2.27. The first-order valence-corrected chi connectivity index (χ1v) is 7.16. The number of aromatic amines is 1. The lowest BCUT2D eigenvalue weighted by Crippen LogP contribution is -2.40. The van der Waals surface area contributed by atoms with E-state index < -0.39 is 0 Å². The lowest BCUT2D eigenvalue weighted by atomic mass is 10.0. The first-order chi connectivity index (χ1) is 8.85. The molecule has 1 aromatic rings. The molecule has 1 aliphatic rings. The van der Waals surface area contributed by atoms with Crippen molar-refractivity contribution < 1.29 is 0 Å². The summed E-state index contributed by atoms with van der Waals surface area (Å²) in [6.07, 6.45) is 5.43. The number of likely N-dealkylation sites (N-methyl/N-ethyl adjacent to an activating group) is 1. The van der Waals surface area contributed by atoms with Crippen LogP contribution in [0, 0.1) is 0 Å². The van der Waals surface area contributed by atoms with E-state index in [1.807, 2.05) is 0 Å². The van der Waals surface area contributed by atoms with E-state index in [4.69, 9.17) is 0 Å². The maximum Gasteiger partial charge on any atom is 0.141 e. The van der Waals surface area contributed by atoms with Gasteiger partial charge in [-0.2, -0.15) is 5.10 Å². The summed E-state index contributed by atoms with van der Waals surface area (Å²) in [4.78, 5) is 9.37. The Bertz CT molecular complexity index is 320. The van der Waals surface area contributed by atoms with Crippen molar-refractivity contribution in [1.82, 2.24) is 25.0 Å². The standard InChI is InChI=1S/C13H25N5/c1-3-17(4-2)9-10-18-8-6-5-7-12(18)13-14-11-15-16-13/h11-12H,3-10H2,1-2H3,(H,14,15,16)/t12-/m1/s1. The molecule has 0 saturated carbocycles. The zero-order valence-electron chi connectivity index (χ0n) is 11.6. The van der Waals surface area contributed by atoms with E-state index in [2.05, 4.69) is 38.8 Å². The van der Waals surface area contributed by atoms with Gasteiger partial charge in [0, 0.05) is 13.1 Å². The molecule has 0 amide bonds. The van der Waals surface area contributed by atoms with E-state index in [1.165, 1.54) is 25.8 Å². The van der Waals surface area contributed by atoms with Crippen LogP contribution in [0.5, 0.6) is 0 Å². The quantitative estimate of drug-likeness (QED) is 0.835. The maximum absolute atomic E-state index is 4.34. The van der Waals surface area contributed by atoms with Gasteiger partial charge in [-0.15, -0.1) is 0 Å². The van der Waals surface area contributed by atoms with Gasteiger partial charge in [0.05, 0.1) is 6.04 Å². The third-order valence-electron chi connectivity index (χ3n) is 3.96. The second kappa shape index (κ2) is 6.85. The fourth-order valence-corrected chi connectivity index (χ4v) is 2.75. The van der Waals surface area contributed by atoms with E-state index in [1.54, 1.807) is 6.33 Å². The molecule has 0 radical (unpaired) electrons. The molecule has 1 N–H and O–H groups in total. The van der Waals surface area contributed by atoms with Crippen molar-refractivity contribution >= 4 is 0 Å². The third kappa shape index (κ3) is 3.29. The molecule has 102 valence electrons. The summed E-state index contributed by atoms with van der Waals surface area (Å²) in [5.41, 5.74) is 0. The van der Waals surface area contributed by atoms with Crippen molar-refractivity contribution in [3.63, 3.8) is 0 Å². The number of hydrogen-bond donors (Lipinski definition) is 1. The molecule has 1 fully saturated rings. The Morgan fingerprint density at radius 2 is 2.22 bits per heavy atom. The summed E-state index contributed by atoms with van der Waals surface area (Å²) < 4.78 is 0. The van der Waals surface area contributed by atoms with Crippen LogP contribution in [0.25, 0.3) is 0 Å². The van der Waals surface area contributed by atoms with E-state index in [-0.39, 0.29) is 0 Å². The van der Waals surface area contributed by atoms with Gasteiger partial charge >= 0.3 is 0 Å². The topological polar surface area (TPSA) is 48.1 Å². The zero-order chi connectivity index (χ0) is 12.8.